The summed E-state index contributed by atoms with van der Waals surface area (Å²) in [4.78, 5) is 3.87. The molecule has 0 aliphatic carbocycles. The van der Waals surface area contributed by atoms with Gasteiger partial charge in [0.1, 0.15) is 0 Å². The van der Waals surface area contributed by atoms with E-state index in [2.05, 4.69) is 10.3 Å². The van der Waals surface area contributed by atoms with Gasteiger partial charge in [0.2, 0.25) is 0 Å². The van der Waals surface area contributed by atoms with Gasteiger partial charge in [0, 0.05) is 12.8 Å². The molecule has 0 aromatic rings. The fourth-order valence-corrected chi connectivity index (χ4v) is 0.537. The lowest BCUT2D eigenvalue weighted by molar-refractivity contribution is 0.541. The van der Waals surface area contributed by atoms with E-state index in [1.54, 1.807) is 0 Å². The number of halogens is 2. The van der Waals surface area contributed by atoms with Crippen molar-refractivity contribution < 1.29 is 0 Å². The van der Waals surface area contributed by atoms with E-state index in [0.29, 0.717) is 0 Å². The van der Waals surface area contributed by atoms with Gasteiger partial charge < -0.3 is 0 Å². The van der Waals surface area contributed by atoms with Gasteiger partial charge in [-0.3, -0.25) is 16.0 Å². The van der Waals surface area contributed by atoms with Crippen LogP contribution in [0.4, 0.5) is 0 Å². The summed E-state index contributed by atoms with van der Waals surface area (Å²) in [5, 5.41) is 2.96. The van der Waals surface area contributed by atoms with Gasteiger partial charge in [0.15, 0.2) is 6.29 Å². The second-order valence-electron chi connectivity index (χ2n) is 1.52. The van der Waals surface area contributed by atoms with Crippen LogP contribution in [0.15, 0.2) is 4.99 Å². The molecule has 0 fully saturated rings. The van der Waals surface area contributed by atoms with Crippen LogP contribution in [0.25, 0.3) is 0 Å². The molecule has 0 amide bonds. The third-order valence-electron chi connectivity index (χ3n) is 0.893. The highest BCUT2D eigenvalue weighted by Gasteiger charge is 1.97. The maximum atomic E-state index is 5.33. The molecule has 9 heavy (non-hydrogen) atoms. The first-order valence-corrected chi connectivity index (χ1v) is 2.40. The van der Waals surface area contributed by atoms with Gasteiger partial charge in [-0.05, 0) is 6.42 Å². The van der Waals surface area contributed by atoms with Crippen LogP contribution < -0.4 is 11.1 Å². The van der Waals surface area contributed by atoms with Crippen LogP contribution in [-0.2, 0) is 0 Å². The molecule has 1 atom stereocenters. The van der Waals surface area contributed by atoms with Crippen LogP contribution in [0.2, 0.25) is 0 Å². The number of rotatable bonds is 0. The Hall–Kier alpha value is 0.170. The van der Waals surface area contributed by atoms with E-state index in [9.17, 15) is 0 Å². The van der Waals surface area contributed by atoms with Gasteiger partial charge in [0.25, 0.3) is 0 Å². The molecule has 3 N–H and O–H groups in total. The van der Waals surface area contributed by atoms with Gasteiger partial charge in [-0.25, -0.2) is 0 Å². The van der Waals surface area contributed by atoms with Crippen LogP contribution in [0.3, 0.4) is 0 Å². The Labute approximate surface area is 66.9 Å². The molecule has 56 valence electrons. The molecule has 1 heterocycles. The Morgan fingerprint density at radius 3 is 2.44 bits per heavy atom. The lowest BCUT2D eigenvalue weighted by atomic mass is 10.4. The standard InChI is InChI=1S/C4H9N3.2ClH/c5-4-6-2-1-3-7-4;;/h2,4,7H,1,3,5H2;2*1H. The molecule has 0 saturated heterocycles. The Bertz CT molecular complexity index is 85.9. The maximum absolute atomic E-state index is 5.33. The van der Waals surface area contributed by atoms with Crippen molar-refractivity contribution in [2.45, 2.75) is 12.7 Å². The molecular weight excluding hydrogens is 161 g/mol. The minimum absolute atomic E-state index is 0. The zero-order valence-corrected chi connectivity index (χ0v) is 6.54. The van der Waals surface area contributed by atoms with Crippen molar-refractivity contribution in [1.29, 1.82) is 0 Å². The molecular formula is C4H11Cl2N3. The highest BCUT2D eigenvalue weighted by Crippen LogP contribution is 1.82. The van der Waals surface area contributed by atoms with E-state index >= 15 is 0 Å². The molecule has 5 heteroatoms. The van der Waals surface area contributed by atoms with Crippen LogP contribution >= 0.6 is 24.8 Å². The Balaban J connectivity index is 0. The van der Waals surface area contributed by atoms with Gasteiger partial charge in [-0.2, -0.15) is 0 Å². The predicted molar refractivity (Wildman–Crippen MR) is 43.6 cm³/mol. The van der Waals surface area contributed by atoms with E-state index in [4.69, 9.17) is 5.73 Å². The highest BCUT2D eigenvalue weighted by atomic mass is 35.5. The van der Waals surface area contributed by atoms with Gasteiger partial charge in [-0.1, -0.05) is 0 Å². The molecule has 1 aliphatic rings. The topological polar surface area (TPSA) is 50.4 Å². The van der Waals surface area contributed by atoms with E-state index in [1.165, 1.54) is 0 Å². The molecule has 0 bridgehead atoms. The van der Waals surface area contributed by atoms with E-state index in [-0.39, 0.29) is 31.1 Å². The van der Waals surface area contributed by atoms with Crippen molar-refractivity contribution >= 4 is 31.0 Å². The molecule has 0 aromatic carbocycles. The summed E-state index contributed by atoms with van der Waals surface area (Å²) in [6.45, 7) is 0.963. The first-order chi connectivity index (χ1) is 3.39. The van der Waals surface area contributed by atoms with Gasteiger partial charge in [-0.15, -0.1) is 24.8 Å². The molecule has 1 rings (SSSR count). The minimum atomic E-state index is -0.145. The summed E-state index contributed by atoms with van der Waals surface area (Å²) >= 11 is 0. The third-order valence-corrected chi connectivity index (χ3v) is 0.893. The minimum Gasteiger partial charge on any atom is -0.297 e. The van der Waals surface area contributed by atoms with Gasteiger partial charge >= 0.3 is 0 Å². The van der Waals surface area contributed by atoms with Crippen LogP contribution in [0.1, 0.15) is 6.42 Å². The lowest BCUT2D eigenvalue weighted by Gasteiger charge is -2.11. The van der Waals surface area contributed by atoms with Crippen LogP contribution in [0.5, 0.6) is 0 Å². The van der Waals surface area contributed by atoms with Crippen molar-refractivity contribution in [2.24, 2.45) is 10.7 Å². The molecule has 1 unspecified atom stereocenters. The monoisotopic (exact) mass is 171 g/mol. The lowest BCUT2D eigenvalue weighted by Crippen LogP contribution is -2.38. The van der Waals surface area contributed by atoms with E-state index in [0.717, 1.165) is 13.0 Å². The second-order valence-corrected chi connectivity index (χ2v) is 1.52. The second kappa shape index (κ2) is 6.29. The molecule has 0 spiro atoms. The Morgan fingerprint density at radius 2 is 2.22 bits per heavy atom. The van der Waals surface area contributed by atoms with Crippen LogP contribution in [-0.4, -0.2) is 19.0 Å². The number of hydrogen-bond donors (Lipinski definition) is 2. The smallest absolute Gasteiger partial charge is 0.150 e. The fourth-order valence-electron chi connectivity index (χ4n) is 0.537. The van der Waals surface area contributed by atoms with E-state index in [1.807, 2.05) is 6.21 Å². The number of nitrogens with two attached hydrogens (primary N) is 1. The predicted octanol–water partition coefficient (Wildman–Crippen LogP) is 0.136. The summed E-state index contributed by atoms with van der Waals surface area (Å²) in [5.41, 5.74) is 5.33. The van der Waals surface area contributed by atoms with Crippen molar-refractivity contribution in [2.75, 3.05) is 6.54 Å². The maximum Gasteiger partial charge on any atom is 0.150 e. The quantitative estimate of drug-likeness (QED) is 0.545. The Kier molecular flexibility index (Phi) is 8.32. The number of aliphatic imine (C=N–C) groups is 1. The van der Waals surface area contributed by atoms with Crippen LogP contribution in [0, 0.1) is 0 Å². The normalized spacial score (nSPS) is 23.9. The first-order valence-electron chi connectivity index (χ1n) is 2.40. The van der Waals surface area contributed by atoms with Crippen molar-refractivity contribution in [3.8, 4) is 0 Å². The Morgan fingerprint density at radius 1 is 1.56 bits per heavy atom. The largest absolute Gasteiger partial charge is 0.297 e. The number of hydrogen-bond acceptors (Lipinski definition) is 3. The third kappa shape index (κ3) is 4.66. The average molecular weight is 172 g/mol. The number of nitrogens with one attached hydrogen (secondary N) is 1. The summed E-state index contributed by atoms with van der Waals surface area (Å²) in [5.74, 6) is 0. The SMILES string of the molecule is Cl.Cl.NC1N=CCCN1. The summed E-state index contributed by atoms with van der Waals surface area (Å²) in [7, 11) is 0. The van der Waals surface area contributed by atoms with Crippen molar-refractivity contribution in [3.05, 3.63) is 0 Å². The zero-order valence-electron chi connectivity index (χ0n) is 4.91. The summed E-state index contributed by atoms with van der Waals surface area (Å²) in [6.07, 6.45) is 2.71. The zero-order chi connectivity index (χ0) is 5.11. The van der Waals surface area contributed by atoms with Gasteiger partial charge in [0.05, 0.1) is 0 Å². The highest BCUT2D eigenvalue weighted by molar-refractivity contribution is 5.85. The molecule has 0 saturated carbocycles. The summed E-state index contributed by atoms with van der Waals surface area (Å²) in [6, 6.07) is 0. The van der Waals surface area contributed by atoms with Crippen molar-refractivity contribution in [1.82, 2.24) is 5.32 Å². The molecule has 0 aromatic heterocycles. The molecule has 0 radical (unpaired) electrons. The van der Waals surface area contributed by atoms with Crippen molar-refractivity contribution in [3.63, 3.8) is 0 Å². The average Bonchev–Trinajstić information content (AvgIpc) is 1.69. The molecule has 3 nitrogen and oxygen atoms in total. The number of nitrogens with zero attached hydrogens (tertiary/aromatic N) is 1. The molecule has 1 aliphatic heterocycles. The fraction of sp³-hybridized carbons (Fsp3) is 0.750. The first kappa shape index (κ1) is 11.9. The van der Waals surface area contributed by atoms with E-state index < -0.39 is 0 Å². The summed E-state index contributed by atoms with van der Waals surface area (Å²) < 4.78 is 0.